The Labute approximate surface area is 125 Å². The second-order valence-corrected chi connectivity index (χ2v) is 7.08. The van der Waals surface area contributed by atoms with E-state index in [0.717, 1.165) is 11.1 Å². The molecule has 0 atom stereocenters. The number of ether oxygens (including phenoxy) is 1. The number of hydrogen-bond acceptors (Lipinski definition) is 4. The third kappa shape index (κ3) is 3.36. The van der Waals surface area contributed by atoms with Crippen LogP contribution in [0.15, 0.2) is 41.3 Å². The molecule has 2 N–H and O–H groups in total. The second-order valence-electron chi connectivity index (χ2n) is 5.09. The van der Waals surface area contributed by atoms with Crippen molar-refractivity contribution in [3.63, 3.8) is 0 Å². The molecule has 4 nitrogen and oxygen atoms in total. The van der Waals surface area contributed by atoms with Gasteiger partial charge in [-0.1, -0.05) is 17.7 Å². The normalized spacial score (nSPS) is 11.4. The van der Waals surface area contributed by atoms with Crippen LogP contribution in [0.2, 0.25) is 0 Å². The van der Waals surface area contributed by atoms with Crippen LogP contribution < -0.4 is 10.5 Å². The minimum absolute atomic E-state index is 0.0960. The Hall–Kier alpha value is -2.01. The maximum atomic E-state index is 12.5. The van der Waals surface area contributed by atoms with Crippen LogP contribution >= 0.6 is 0 Å². The van der Waals surface area contributed by atoms with Crippen molar-refractivity contribution in [1.82, 2.24) is 0 Å². The number of nitrogens with two attached hydrogens (primary N) is 1. The molecule has 112 valence electrons. The molecule has 0 heterocycles. The van der Waals surface area contributed by atoms with Gasteiger partial charge in [0.25, 0.3) is 0 Å². The fourth-order valence-corrected chi connectivity index (χ4v) is 3.58. The molecule has 2 rings (SSSR count). The molecule has 0 amide bonds. The summed E-state index contributed by atoms with van der Waals surface area (Å²) in [7, 11) is -1.90. The number of rotatable bonds is 4. The molecule has 0 spiro atoms. The van der Waals surface area contributed by atoms with E-state index in [4.69, 9.17) is 10.5 Å². The Bertz CT molecular complexity index is 767. The fraction of sp³-hybridized carbons (Fsp3) is 0.250. The van der Waals surface area contributed by atoms with Crippen molar-refractivity contribution in [2.45, 2.75) is 24.5 Å². The van der Waals surface area contributed by atoms with E-state index < -0.39 is 9.84 Å². The summed E-state index contributed by atoms with van der Waals surface area (Å²) in [4.78, 5) is 0.276. The van der Waals surface area contributed by atoms with E-state index in [2.05, 4.69) is 0 Å². The van der Waals surface area contributed by atoms with Crippen LogP contribution in [0.5, 0.6) is 5.75 Å². The maximum absolute atomic E-state index is 12.5. The fourth-order valence-electron chi connectivity index (χ4n) is 2.15. The first kappa shape index (κ1) is 15.4. The van der Waals surface area contributed by atoms with Crippen LogP contribution in [-0.2, 0) is 15.6 Å². The number of benzene rings is 2. The van der Waals surface area contributed by atoms with Crippen molar-refractivity contribution in [3.8, 4) is 5.75 Å². The van der Waals surface area contributed by atoms with Crippen LogP contribution in [-0.4, -0.2) is 15.5 Å². The Balaban J connectivity index is 2.41. The smallest absolute Gasteiger partial charge is 0.182 e. The quantitative estimate of drug-likeness (QED) is 0.882. The van der Waals surface area contributed by atoms with E-state index in [-0.39, 0.29) is 10.6 Å². The lowest BCUT2D eigenvalue weighted by molar-refractivity contribution is 0.411. The van der Waals surface area contributed by atoms with E-state index in [9.17, 15) is 8.42 Å². The first-order chi connectivity index (χ1) is 9.83. The largest absolute Gasteiger partial charge is 0.496 e. The topological polar surface area (TPSA) is 69.4 Å². The molecule has 0 bridgehead atoms. The summed E-state index contributed by atoms with van der Waals surface area (Å²) in [6.45, 7) is 3.71. The average Bonchev–Trinajstić information content (AvgIpc) is 2.41. The minimum Gasteiger partial charge on any atom is -0.496 e. The summed E-state index contributed by atoms with van der Waals surface area (Å²) < 4.78 is 30.3. The highest BCUT2D eigenvalue weighted by Gasteiger charge is 2.18. The molecule has 0 fully saturated rings. The van der Waals surface area contributed by atoms with Gasteiger partial charge in [0.05, 0.1) is 17.8 Å². The highest BCUT2D eigenvalue weighted by Crippen LogP contribution is 2.26. The predicted octanol–water partition coefficient (Wildman–Crippen LogP) is 2.87. The zero-order valence-electron chi connectivity index (χ0n) is 12.4. The van der Waals surface area contributed by atoms with Gasteiger partial charge in [0.15, 0.2) is 9.84 Å². The Morgan fingerprint density at radius 2 is 1.81 bits per heavy atom. The molecule has 0 aliphatic rings. The van der Waals surface area contributed by atoms with E-state index in [1.54, 1.807) is 31.2 Å². The van der Waals surface area contributed by atoms with Gasteiger partial charge in [0.2, 0.25) is 0 Å². The molecule has 2 aromatic rings. The first-order valence-electron chi connectivity index (χ1n) is 6.56. The summed E-state index contributed by atoms with van der Waals surface area (Å²) >= 11 is 0. The van der Waals surface area contributed by atoms with Gasteiger partial charge < -0.3 is 10.5 Å². The van der Waals surface area contributed by atoms with Crippen molar-refractivity contribution in [1.29, 1.82) is 0 Å². The van der Waals surface area contributed by atoms with Crippen molar-refractivity contribution in [3.05, 3.63) is 53.1 Å². The summed E-state index contributed by atoms with van der Waals surface area (Å²) in [5.41, 5.74) is 8.73. The summed E-state index contributed by atoms with van der Waals surface area (Å²) in [6.07, 6.45) is 0. The molecular weight excluding hydrogens is 286 g/mol. The molecule has 0 radical (unpaired) electrons. The van der Waals surface area contributed by atoms with E-state index in [1.807, 2.05) is 19.1 Å². The van der Waals surface area contributed by atoms with Gasteiger partial charge in [-0.15, -0.1) is 0 Å². The maximum Gasteiger partial charge on any atom is 0.182 e. The number of anilines is 1. The van der Waals surface area contributed by atoms with E-state index in [0.29, 0.717) is 17.0 Å². The second kappa shape index (κ2) is 5.77. The van der Waals surface area contributed by atoms with Crippen LogP contribution in [0.25, 0.3) is 0 Å². The predicted molar refractivity (Wildman–Crippen MR) is 84.2 cm³/mol. The molecule has 0 aliphatic heterocycles. The molecule has 21 heavy (non-hydrogen) atoms. The van der Waals surface area contributed by atoms with Crippen molar-refractivity contribution >= 4 is 15.5 Å². The standard InChI is InChI=1S/C16H19NO3S/c1-11-4-7-16(20-3)13(8-11)10-21(18,19)14-5-6-15(17)12(2)9-14/h4-9H,10,17H2,1-3H3. The SMILES string of the molecule is COc1ccc(C)cc1CS(=O)(=O)c1ccc(N)c(C)c1. The summed E-state index contributed by atoms with van der Waals surface area (Å²) in [5.74, 6) is 0.484. The van der Waals surface area contributed by atoms with Crippen LogP contribution in [0.1, 0.15) is 16.7 Å². The molecule has 5 heteroatoms. The van der Waals surface area contributed by atoms with Gasteiger partial charge in [0.1, 0.15) is 5.75 Å². The third-order valence-electron chi connectivity index (χ3n) is 3.38. The monoisotopic (exact) mass is 305 g/mol. The van der Waals surface area contributed by atoms with Gasteiger partial charge in [-0.05, 0) is 43.7 Å². The van der Waals surface area contributed by atoms with Crippen molar-refractivity contribution in [2.24, 2.45) is 0 Å². The van der Waals surface area contributed by atoms with Gasteiger partial charge in [-0.25, -0.2) is 8.42 Å². The molecular formula is C16H19NO3S. The molecule has 2 aromatic carbocycles. The zero-order valence-corrected chi connectivity index (χ0v) is 13.2. The first-order valence-corrected chi connectivity index (χ1v) is 8.21. The number of sulfone groups is 1. The van der Waals surface area contributed by atoms with Crippen LogP contribution in [0.4, 0.5) is 5.69 Å². The zero-order chi connectivity index (χ0) is 15.6. The number of aryl methyl sites for hydroxylation is 2. The molecule has 0 aromatic heterocycles. The lowest BCUT2D eigenvalue weighted by atomic mass is 10.1. The minimum atomic E-state index is -3.44. The van der Waals surface area contributed by atoms with Crippen LogP contribution in [0, 0.1) is 13.8 Å². The van der Waals surface area contributed by atoms with Crippen LogP contribution in [0.3, 0.4) is 0 Å². The highest BCUT2D eigenvalue weighted by molar-refractivity contribution is 7.90. The summed E-state index contributed by atoms with van der Waals surface area (Å²) in [5, 5.41) is 0. The lowest BCUT2D eigenvalue weighted by Crippen LogP contribution is -2.07. The molecule has 0 unspecified atom stereocenters. The van der Waals surface area contributed by atoms with Crippen molar-refractivity contribution < 1.29 is 13.2 Å². The average molecular weight is 305 g/mol. The van der Waals surface area contributed by atoms with Gasteiger partial charge in [0, 0.05) is 11.3 Å². The Morgan fingerprint density at radius 1 is 1.10 bits per heavy atom. The number of nitrogen functional groups attached to an aromatic ring is 1. The van der Waals surface area contributed by atoms with E-state index >= 15 is 0 Å². The summed E-state index contributed by atoms with van der Waals surface area (Å²) in [6, 6.07) is 10.3. The molecule has 0 aliphatic carbocycles. The molecule has 0 saturated carbocycles. The highest BCUT2D eigenvalue weighted by atomic mass is 32.2. The van der Waals surface area contributed by atoms with Crippen molar-refractivity contribution in [2.75, 3.05) is 12.8 Å². The number of methoxy groups -OCH3 is 1. The lowest BCUT2D eigenvalue weighted by Gasteiger charge is -2.11. The Morgan fingerprint density at radius 3 is 2.43 bits per heavy atom. The van der Waals surface area contributed by atoms with E-state index in [1.165, 1.54) is 7.11 Å². The third-order valence-corrected chi connectivity index (χ3v) is 5.05. The van der Waals surface area contributed by atoms with Gasteiger partial charge in [-0.3, -0.25) is 0 Å². The number of hydrogen-bond donors (Lipinski definition) is 1. The van der Waals surface area contributed by atoms with Gasteiger partial charge >= 0.3 is 0 Å². The Kier molecular flexibility index (Phi) is 4.23. The molecule has 0 saturated heterocycles. The van der Waals surface area contributed by atoms with Gasteiger partial charge in [-0.2, -0.15) is 0 Å².